The van der Waals surface area contributed by atoms with Crippen LogP contribution in [0, 0.1) is 0 Å². The van der Waals surface area contributed by atoms with E-state index in [1.165, 1.54) is 5.56 Å². The van der Waals surface area contributed by atoms with Crippen LogP contribution < -0.4 is 9.47 Å². The number of rotatable bonds is 1. The molecule has 2 aromatic rings. The lowest BCUT2D eigenvalue weighted by Gasteiger charge is -2.16. The molecule has 82 valence electrons. The summed E-state index contributed by atoms with van der Waals surface area (Å²) < 4.78 is 10.8. The third kappa shape index (κ3) is 1.48. The first-order valence-corrected chi connectivity index (χ1v) is 5.47. The Bertz CT molecular complexity index is 537. The number of hydrogen-bond donors (Lipinski definition) is 0. The number of ether oxygens (including phenoxy) is 2. The highest BCUT2D eigenvalue weighted by atomic mass is 16.5. The van der Waals surface area contributed by atoms with Crippen molar-refractivity contribution >= 4 is 10.9 Å². The number of fused-ring (bicyclic) bond motifs is 2. The van der Waals surface area contributed by atoms with E-state index in [2.05, 4.69) is 11.1 Å². The number of nitrogens with zero attached hydrogens (tertiary/aromatic N) is 1. The van der Waals surface area contributed by atoms with Gasteiger partial charge < -0.3 is 9.47 Å². The Labute approximate surface area is 94.0 Å². The van der Waals surface area contributed by atoms with Crippen molar-refractivity contribution in [3.8, 4) is 11.6 Å². The Balaban J connectivity index is 2.19. The second-order valence-corrected chi connectivity index (χ2v) is 3.96. The molecule has 1 aliphatic heterocycles. The molecule has 1 aromatic carbocycles. The Kier molecular flexibility index (Phi) is 2.17. The van der Waals surface area contributed by atoms with E-state index in [1.54, 1.807) is 7.11 Å². The largest absolute Gasteiger partial charge is 0.497 e. The van der Waals surface area contributed by atoms with Gasteiger partial charge in [0.2, 0.25) is 5.88 Å². The average Bonchev–Trinajstić information content (AvgIpc) is 2.35. The molecule has 1 aliphatic rings. The van der Waals surface area contributed by atoms with Gasteiger partial charge in [-0.1, -0.05) is 0 Å². The molecular weight excluding hydrogens is 202 g/mol. The highest BCUT2D eigenvalue weighted by molar-refractivity contribution is 5.81. The normalized spacial score (nSPS) is 14.3. The molecule has 3 rings (SSSR count). The second-order valence-electron chi connectivity index (χ2n) is 3.96. The molecule has 0 bridgehead atoms. The van der Waals surface area contributed by atoms with E-state index < -0.39 is 0 Å². The minimum atomic E-state index is 0.779. The highest BCUT2D eigenvalue weighted by Gasteiger charge is 2.12. The molecule has 2 heterocycles. The smallest absolute Gasteiger partial charge is 0.217 e. The minimum Gasteiger partial charge on any atom is -0.497 e. The van der Waals surface area contributed by atoms with Crippen LogP contribution >= 0.6 is 0 Å². The van der Waals surface area contributed by atoms with Gasteiger partial charge in [0.05, 0.1) is 19.2 Å². The predicted octanol–water partition coefficient (Wildman–Crippen LogP) is 2.57. The van der Waals surface area contributed by atoms with Crippen molar-refractivity contribution in [2.45, 2.75) is 12.8 Å². The third-order valence-corrected chi connectivity index (χ3v) is 2.89. The van der Waals surface area contributed by atoms with Gasteiger partial charge in [-0.25, -0.2) is 4.98 Å². The van der Waals surface area contributed by atoms with Gasteiger partial charge in [0.1, 0.15) is 5.75 Å². The Hall–Kier alpha value is -1.77. The van der Waals surface area contributed by atoms with E-state index in [4.69, 9.17) is 9.47 Å². The molecule has 0 spiro atoms. The van der Waals surface area contributed by atoms with Gasteiger partial charge >= 0.3 is 0 Å². The van der Waals surface area contributed by atoms with Gasteiger partial charge in [0.15, 0.2) is 0 Å². The van der Waals surface area contributed by atoms with Crippen molar-refractivity contribution < 1.29 is 9.47 Å². The summed E-state index contributed by atoms with van der Waals surface area (Å²) >= 11 is 0. The second kappa shape index (κ2) is 3.67. The summed E-state index contributed by atoms with van der Waals surface area (Å²) in [4.78, 5) is 4.51. The molecule has 3 heteroatoms. The van der Waals surface area contributed by atoms with Crippen LogP contribution in [-0.2, 0) is 6.42 Å². The molecule has 0 aliphatic carbocycles. The van der Waals surface area contributed by atoms with E-state index in [0.29, 0.717) is 0 Å². The van der Waals surface area contributed by atoms with Crippen LogP contribution in [0.5, 0.6) is 11.6 Å². The zero-order valence-corrected chi connectivity index (χ0v) is 9.19. The third-order valence-electron chi connectivity index (χ3n) is 2.89. The zero-order chi connectivity index (χ0) is 11.0. The van der Waals surface area contributed by atoms with Crippen molar-refractivity contribution in [1.29, 1.82) is 0 Å². The van der Waals surface area contributed by atoms with E-state index >= 15 is 0 Å². The number of hydrogen-bond acceptors (Lipinski definition) is 3. The lowest BCUT2D eigenvalue weighted by molar-refractivity contribution is 0.277. The monoisotopic (exact) mass is 215 g/mol. The molecular formula is C13H13NO2. The maximum atomic E-state index is 5.55. The fourth-order valence-corrected chi connectivity index (χ4v) is 2.04. The molecule has 0 amide bonds. The lowest BCUT2D eigenvalue weighted by atomic mass is 10.1. The van der Waals surface area contributed by atoms with Crippen LogP contribution in [0.25, 0.3) is 10.9 Å². The SMILES string of the molecule is COc1ccc2nc3c(cc2c1)CCCO3. The lowest BCUT2D eigenvalue weighted by Crippen LogP contribution is -2.09. The van der Waals surface area contributed by atoms with Crippen LogP contribution in [0.4, 0.5) is 0 Å². The summed E-state index contributed by atoms with van der Waals surface area (Å²) in [6.07, 6.45) is 2.12. The summed E-state index contributed by atoms with van der Waals surface area (Å²) in [5.41, 5.74) is 2.16. The fraction of sp³-hybridized carbons (Fsp3) is 0.308. The summed E-state index contributed by atoms with van der Waals surface area (Å²) in [5, 5.41) is 1.11. The number of benzene rings is 1. The van der Waals surface area contributed by atoms with Crippen LogP contribution in [-0.4, -0.2) is 18.7 Å². The number of pyridine rings is 1. The van der Waals surface area contributed by atoms with Gasteiger partial charge in [-0.3, -0.25) is 0 Å². The molecule has 0 fully saturated rings. The molecule has 3 nitrogen and oxygen atoms in total. The maximum absolute atomic E-state index is 5.55. The van der Waals surface area contributed by atoms with Crippen LogP contribution in [0.2, 0.25) is 0 Å². The van der Waals surface area contributed by atoms with Crippen LogP contribution in [0.1, 0.15) is 12.0 Å². The van der Waals surface area contributed by atoms with Crippen molar-refractivity contribution in [3.05, 3.63) is 29.8 Å². The molecule has 0 atom stereocenters. The summed E-state index contributed by atoms with van der Waals surface area (Å²) in [5.74, 6) is 1.66. The molecule has 0 saturated carbocycles. The van der Waals surface area contributed by atoms with Gasteiger partial charge in [0.25, 0.3) is 0 Å². The van der Waals surface area contributed by atoms with Crippen LogP contribution in [0.15, 0.2) is 24.3 Å². The van der Waals surface area contributed by atoms with Crippen molar-refractivity contribution in [1.82, 2.24) is 4.98 Å². The Morgan fingerprint density at radius 1 is 1.31 bits per heavy atom. The first-order valence-electron chi connectivity index (χ1n) is 5.47. The van der Waals surface area contributed by atoms with Crippen molar-refractivity contribution in [2.75, 3.05) is 13.7 Å². The van der Waals surface area contributed by atoms with Crippen LogP contribution in [0.3, 0.4) is 0 Å². The standard InChI is InChI=1S/C13H13NO2/c1-15-11-4-5-12-10(8-11)7-9-3-2-6-16-13(9)14-12/h4-5,7-8H,2-3,6H2,1H3. The first kappa shape index (κ1) is 9.46. The van der Waals surface area contributed by atoms with E-state index in [1.807, 2.05) is 18.2 Å². The highest BCUT2D eigenvalue weighted by Crippen LogP contribution is 2.28. The average molecular weight is 215 g/mol. The van der Waals surface area contributed by atoms with Gasteiger partial charge in [0, 0.05) is 10.9 Å². The Morgan fingerprint density at radius 3 is 3.12 bits per heavy atom. The zero-order valence-electron chi connectivity index (χ0n) is 9.19. The van der Waals surface area contributed by atoms with Crippen molar-refractivity contribution in [2.24, 2.45) is 0 Å². The minimum absolute atomic E-state index is 0.779. The van der Waals surface area contributed by atoms with E-state index in [-0.39, 0.29) is 0 Å². The summed E-state index contributed by atoms with van der Waals surface area (Å²) in [6.45, 7) is 0.779. The van der Waals surface area contributed by atoms with E-state index in [9.17, 15) is 0 Å². The predicted molar refractivity (Wildman–Crippen MR) is 62.1 cm³/mol. The maximum Gasteiger partial charge on any atom is 0.217 e. The van der Waals surface area contributed by atoms with Crippen molar-refractivity contribution in [3.63, 3.8) is 0 Å². The Morgan fingerprint density at radius 2 is 2.25 bits per heavy atom. The molecule has 0 saturated heterocycles. The van der Waals surface area contributed by atoms with Gasteiger partial charge in [-0.15, -0.1) is 0 Å². The fourth-order valence-electron chi connectivity index (χ4n) is 2.04. The molecule has 1 aromatic heterocycles. The number of aromatic nitrogens is 1. The number of methoxy groups -OCH3 is 1. The first-order chi connectivity index (χ1) is 7.86. The molecule has 16 heavy (non-hydrogen) atoms. The summed E-state index contributed by atoms with van der Waals surface area (Å²) in [6, 6.07) is 8.05. The van der Waals surface area contributed by atoms with Gasteiger partial charge in [-0.2, -0.15) is 0 Å². The molecule has 0 unspecified atom stereocenters. The van der Waals surface area contributed by atoms with Gasteiger partial charge in [-0.05, 0) is 37.1 Å². The topological polar surface area (TPSA) is 31.4 Å². The molecule has 0 N–H and O–H groups in total. The number of aryl methyl sites for hydroxylation is 1. The quantitative estimate of drug-likeness (QED) is 0.732. The molecule has 0 radical (unpaired) electrons. The van der Waals surface area contributed by atoms with E-state index in [0.717, 1.165) is 42.0 Å². The summed E-state index contributed by atoms with van der Waals surface area (Å²) in [7, 11) is 1.68.